The standard InChI is InChI=1S/C16H20F3NO2/c1-15(11-21,12-22)10-20(2)9-3-4-13-5-7-14(8-6-13)16(17,18)19/h5-8,21-22H,9-12H2,1-2H3. The topological polar surface area (TPSA) is 43.7 Å². The van der Waals surface area contributed by atoms with Gasteiger partial charge >= 0.3 is 6.18 Å². The Morgan fingerprint density at radius 3 is 2.09 bits per heavy atom. The Kier molecular flexibility index (Phi) is 6.42. The predicted molar refractivity (Wildman–Crippen MR) is 78.1 cm³/mol. The van der Waals surface area contributed by atoms with Crippen molar-refractivity contribution < 1.29 is 23.4 Å². The van der Waals surface area contributed by atoms with Crippen LogP contribution in [0.3, 0.4) is 0 Å². The number of halogens is 3. The lowest BCUT2D eigenvalue weighted by molar-refractivity contribution is -0.137. The zero-order valence-electron chi connectivity index (χ0n) is 12.6. The smallest absolute Gasteiger partial charge is 0.396 e. The van der Waals surface area contributed by atoms with Gasteiger partial charge in [0.2, 0.25) is 0 Å². The van der Waals surface area contributed by atoms with Crippen LogP contribution in [0, 0.1) is 17.3 Å². The van der Waals surface area contributed by atoms with Crippen LogP contribution in [-0.2, 0) is 6.18 Å². The second-order valence-electron chi connectivity index (χ2n) is 5.68. The SMILES string of the molecule is CN(CC#Cc1ccc(C(F)(F)F)cc1)CC(C)(CO)CO. The summed E-state index contributed by atoms with van der Waals surface area (Å²) in [6.45, 7) is 2.32. The van der Waals surface area contributed by atoms with Crippen LogP contribution in [0.25, 0.3) is 0 Å². The maximum Gasteiger partial charge on any atom is 0.416 e. The van der Waals surface area contributed by atoms with Gasteiger partial charge in [0.1, 0.15) is 0 Å². The van der Waals surface area contributed by atoms with E-state index >= 15 is 0 Å². The Bertz CT molecular complexity index is 525. The fourth-order valence-corrected chi connectivity index (χ4v) is 1.88. The predicted octanol–water partition coefficient (Wildman–Crippen LogP) is 1.98. The van der Waals surface area contributed by atoms with Gasteiger partial charge in [-0.2, -0.15) is 13.2 Å². The van der Waals surface area contributed by atoms with Crippen LogP contribution in [0.4, 0.5) is 13.2 Å². The molecule has 1 aromatic carbocycles. The summed E-state index contributed by atoms with van der Waals surface area (Å²) < 4.78 is 37.3. The Morgan fingerprint density at radius 1 is 1.09 bits per heavy atom. The zero-order chi connectivity index (χ0) is 16.8. The normalized spacial score (nSPS) is 12.2. The molecule has 0 fully saturated rings. The van der Waals surface area contributed by atoms with Crippen LogP contribution >= 0.6 is 0 Å². The van der Waals surface area contributed by atoms with Gasteiger partial charge in [-0.15, -0.1) is 0 Å². The van der Waals surface area contributed by atoms with Gasteiger partial charge < -0.3 is 10.2 Å². The second-order valence-corrected chi connectivity index (χ2v) is 5.68. The van der Waals surface area contributed by atoms with Crippen LogP contribution in [-0.4, -0.2) is 48.5 Å². The van der Waals surface area contributed by atoms with Gasteiger partial charge in [-0.25, -0.2) is 0 Å². The Labute approximate surface area is 128 Å². The maximum absolute atomic E-state index is 12.4. The van der Waals surface area contributed by atoms with Gasteiger partial charge in [0.05, 0.1) is 25.3 Å². The molecule has 0 unspecified atom stereocenters. The van der Waals surface area contributed by atoms with Crippen molar-refractivity contribution in [1.82, 2.24) is 4.90 Å². The molecule has 1 rings (SSSR count). The first kappa shape index (κ1) is 18.5. The average Bonchev–Trinajstić information content (AvgIpc) is 2.46. The van der Waals surface area contributed by atoms with E-state index in [9.17, 15) is 23.4 Å². The maximum atomic E-state index is 12.4. The van der Waals surface area contributed by atoms with Crippen LogP contribution in [0.5, 0.6) is 0 Å². The lowest BCUT2D eigenvalue weighted by atomic mass is 9.92. The third-order valence-electron chi connectivity index (χ3n) is 3.21. The molecule has 2 N–H and O–H groups in total. The minimum Gasteiger partial charge on any atom is -0.396 e. The van der Waals surface area contributed by atoms with E-state index in [0.717, 1.165) is 12.1 Å². The van der Waals surface area contributed by atoms with Crippen molar-refractivity contribution >= 4 is 0 Å². The highest BCUT2D eigenvalue weighted by molar-refractivity contribution is 5.37. The van der Waals surface area contributed by atoms with Crippen LogP contribution in [0.1, 0.15) is 18.1 Å². The van der Waals surface area contributed by atoms with E-state index in [0.29, 0.717) is 18.7 Å². The summed E-state index contributed by atoms with van der Waals surface area (Å²) in [5.41, 5.74) is -0.796. The van der Waals surface area contributed by atoms with Crippen LogP contribution in [0.2, 0.25) is 0 Å². The molecule has 0 aliphatic rings. The molecule has 1 aromatic rings. The highest BCUT2D eigenvalue weighted by atomic mass is 19.4. The molecule has 0 radical (unpaired) electrons. The Balaban J connectivity index is 2.61. The van der Waals surface area contributed by atoms with E-state index in [1.807, 2.05) is 4.90 Å². The van der Waals surface area contributed by atoms with Crippen molar-refractivity contribution in [3.05, 3.63) is 35.4 Å². The number of hydrogen-bond acceptors (Lipinski definition) is 3. The van der Waals surface area contributed by atoms with E-state index in [1.54, 1.807) is 14.0 Å². The van der Waals surface area contributed by atoms with E-state index in [2.05, 4.69) is 11.8 Å². The summed E-state index contributed by atoms with van der Waals surface area (Å²) >= 11 is 0. The zero-order valence-corrected chi connectivity index (χ0v) is 12.6. The monoisotopic (exact) mass is 315 g/mol. The third kappa shape index (κ3) is 5.68. The fourth-order valence-electron chi connectivity index (χ4n) is 1.88. The molecule has 0 aliphatic carbocycles. The van der Waals surface area contributed by atoms with Crippen molar-refractivity contribution in [1.29, 1.82) is 0 Å². The van der Waals surface area contributed by atoms with Gasteiger partial charge in [-0.05, 0) is 31.3 Å². The van der Waals surface area contributed by atoms with Crippen molar-refractivity contribution in [2.45, 2.75) is 13.1 Å². The molecule has 22 heavy (non-hydrogen) atoms. The Hall–Kier alpha value is -1.55. The molecule has 0 aromatic heterocycles. The number of aliphatic hydroxyl groups is 2. The average molecular weight is 315 g/mol. The summed E-state index contributed by atoms with van der Waals surface area (Å²) in [5.74, 6) is 5.65. The molecule has 0 saturated heterocycles. The minimum absolute atomic E-state index is 0.139. The molecular weight excluding hydrogens is 295 g/mol. The number of aliphatic hydroxyl groups excluding tert-OH is 2. The number of alkyl halides is 3. The summed E-state index contributed by atoms with van der Waals surface area (Å²) in [4.78, 5) is 1.84. The van der Waals surface area contributed by atoms with Crippen molar-refractivity contribution in [3.63, 3.8) is 0 Å². The molecule has 0 spiro atoms. The minimum atomic E-state index is -4.34. The quantitative estimate of drug-likeness (QED) is 0.817. The number of rotatable bonds is 5. The van der Waals surface area contributed by atoms with Gasteiger partial charge in [0.15, 0.2) is 0 Å². The third-order valence-corrected chi connectivity index (χ3v) is 3.21. The fraction of sp³-hybridized carbons (Fsp3) is 0.500. The number of benzene rings is 1. The molecule has 6 heteroatoms. The lowest BCUT2D eigenvalue weighted by Gasteiger charge is -2.29. The van der Waals surface area contributed by atoms with Gasteiger partial charge in [-0.3, -0.25) is 4.90 Å². The molecule has 0 saturated carbocycles. The highest BCUT2D eigenvalue weighted by Crippen LogP contribution is 2.28. The van der Waals surface area contributed by atoms with E-state index < -0.39 is 17.2 Å². The van der Waals surface area contributed by atoms with Crippen molar-refractivity contribution in [2.75, 3.05) is 33.4 Å². The molecule has 0 bridgehead atoms. The van der Waals surface area contributed by atoms with Gasteiger partial charge in [0.25, 0.3) is 0 Å². The highest BCUT2D eigenvalue weighted by Gasteiger charge is 2.29. The van der Waals surface area contributed by atoms with Crippen LogP contribution in [0.15, 0.2) is 24.3 Å². The Morgan fingerprint density at radius 2 is 1.64 bits per heavy atom. The molecule has 0 amide bonds. The van der Waals surface area contributed by atoms with Crippen LogP contribution < -0.4 is 0 Å². The number of hydrogen-bond donors (Lipinski definition) is 2. The van der Waals surface area contributed by atoms with E-state index in [4.69, 9.17) is 0 Å². The summed E-state index contributed by atoms with van der Waals surface area (Å²) in [6, 6.07) is 4.67. The molecule has 0 aliphatic heterocycles. The molecule has 0 atom stereocenters. The first-order valence-electron chi connectivity index (χ1n) is 6.76. The van der Waals surface area contributed by atoms with E-state index in [-0.39, 0.29) is 13.2 Å². The van der Waals surface area contributed by atoms with Gasteiger partial charge in [0, 0.05) is 17.5 Å². The molecule has 122 valence electrons. The summed E-state index contributed by atoms with van der Waals surface area (Å²) in [6.07, 6.45) is -4.34. The molecule has 0 heterocycles. The molecule has 3 nitrogen and oxygen atoms in total. The lowest BCUT2D eigenvalue weighted by Crippen LogP contribution is -2.39. The number of nitrogens with zero attached hydrogens (tertiary/aromatic N) is 1. The van der Waals surface area contributed by atoms with Crippen molar-refractivity contribution in [2.24, 2.45) is 5.41 Å². The molecular formula is C16H20F3NO2. The summed E-state index contributed by atoms with van der Waals surface area (Å²) in [5, 5.41) is 18.4. The first-order valence-corrected chi connectivity index (χ1v) is 6.76. The van der Waals surface area contributed by atoms with E-state index in [1.165, 1.54) is 12.1 Å². The largest absolute Gasteiger partial charge is 0.416 e. The van der Waals surface area contributed by atoms with Gasteiger partial charge in [-0.1, -0.05) is 18.8 Å². The first-order chi connectivity index (χ1) is 10.2. The second kappa shape index (κ2) is 7.63. The summed E-state index contributed by atoms with van der Waals surface area (Å²) in [7, 11) is 1.80. The van der Waals surface area contributed by atoms with Crippen molar-refractivity contribution in [3.8, 4) is 11.8 Å².